The predicted octanol–water partition coefficient (Wildman–Crippen LogP) is 4.71. The molecule has 0 aliphatic heterocycles. The smallest absolute Gasteiger partial charge is 0.141 e. The van der Waals surface area contributed by atoms with Gasteiger partial charge in [0.15, 0.2) is 0 Å². The number of hydrogen-bond donors (Lipinski definition) is 1. The van der Waals surface area contributed by atoms with Gasteiger partial charge in [-0.3, -0.25) is 0 Å². The summed E-state index contributed by atoms with van der Waals surface area (Å²) in [7, 11) is 0. The molecule has 0 heterocycles. The summed E-state index contributed by atoms with van der Waals surface area (Å²) in [6.45, 7) is 4.43. The molecule has 1 aliphatic rings. The van der Waals surface area contributed by atoms with Crippen LogP contribution in [0.2, 0.25) is 5.02 Å². The van der Waals surface area contributed by atoms with Crippen LogP contribution >= 0.6 is 11.6 Å². The van der Waals surface area contributed by atoms with Crippen molar-refractivity contribution in [2.45, 2.75) is 51.6 Å². The summed E-state index contributed by atoms with van der Waals surface area (Å²) in [5.41, 5.74) is 1.06. The van der Waals surface area contributed by atoms with E-state index in [1.165, 1.54) is 31.7 Å². The van der Waals surface area contributed by atoms with E-state index in [9.17, 15) is 4.39 Å². The second-order valence-corrected chi connectivity index (χ2v) is 5.93. The second-order valence-electron chi connectivity index (χ2n) is 5.52. The zero-order valence-electron chi connectivity index (χ0n) is 11.0. The van der Waals surface area contributed by atoms with Gasteiger partial charge in [0.2, 0.25) is 0 Å². The first-order valence-corrected chi connectivity index (χ1v) is 7.15. The standard InChI is InChI=1S/C15H21ClFN/c1-10-3-6-13(7-4-10)18-11(2)12-5-8-15(17)14(16)9-12/h5,8-11,13,18H,3-4,6-7H2,1-2H3. The fraction of sp³-hybridized carbons (Fsp3) is 0.600. The van der Waals surface area contributed by atoms with E-state index in [0.29, 0.717) is 6.04 Å². The van der Waals surface area contributed by atoms with E-state index < -0.39 is 0 Å². The van der Waals surface area contributed by atoms with Gasteiger partial charge in [-0.2, -0.15) is 0 Å². The first-order valence-electron chi connectivity index (χ1n) is 6.77. The lowest BCUT2D eigenvalue weighted by Gasteiger charge is -2.29. The molecule has 18 heavy (non-hydrogen) atoms. The Hall–Kier alpha value is -0.600. The molecule has 1 saturated carbocycles. The van der Waals surface area contributed by atoms with Crippen molar-refractivity contribution in [3.05, 3.63) is 34.6 Å². The summed E-state index contributed by atoms with van der Waals surface area (Å²) >= 11 is 5.82. The Bertz CT molecular complexity index is 399. The van der Waals surface area contributed by atoms with Crippen LogP contribution in [0.5, 0.6) is 0 Å². The van der Waals surface area contributed by atoms with Crippen molar-refractivity contribution in [1.29, 1.82) is 0 Å². The molecule has 1 aliphatic carbocycles. The van der Waals surface area contributed by atoms with Gasteiger partial charge >= 0.3 is 0 Å². The van der Waals surface area contributed by atoms with Crippen LogP contribution in [0.1, 0.15) is 51.1 Å². The van der Waals surface area contributed by atoms with Crippen LogP contribution in [0.4, 0.5) is 4.39 Å². The summed E-state index contributed by atoms with van der Waals surface area (Å²) in [5, 5.41) is 3.83. The fourth-order valence-corrected chi connectivity index (χ4v) is 2.85. The first-order chi connectivity index (χ1) is 8.56. The maximum Gasteiger partial charge on any atom is 0.141 e. The second kappa shape index (κ2) is 6.03. The van der Waals surface area contributed by atoms with Crippen LogP contribution < -0.4 is 5.32 Å². The van der Waals surface area contributed by atoms with Crippen molar-refractivity contribution in [1.82, 2.24) is 5.32 Å². The lowest BCUT2D eigenvalue weighted by atomic mass is 9.87. The molecule has 0 aromatic heterocycles. The van der Waals surface area contributed by atoms with E-state index in [1.54, 1.807) is 6.07 Å². The molecule has 0 bridgehead atoms. The minimum Gasteiger partial charge on any atom is -0.307 e. The number of rotatable bonds is 3. The highest BCUT2D eigenvalue weighted by molar-refractivity contribution is 6.30. The molecular formula is C15H21ClFN. The minimum absolute atomic E-state index is 0.207. The zero-order chi connectivity index (χ0) is 13.1. The molecule has 1 fully saturated rings. The Labute approximate surface area is 114 Å². The molecular weight excluding hydrogens is 249 g/mol. The molecule has 1 N–H and O–H groups in total. The van der Waals surface area contributed by atoms with Gasteiger partial charge in [-0.1, -0.05) is 24.6 Å². The van der Waals surface area contributed by atoms with E-state index in [2.05, 4.69) is 19.2 Å². The maximum atomic E-state index is 13.1. The third-order valence-electron chi connectivity index (χ3n) is 3.95. The van der Waals surface area contributed by atoms with Crippen molar-refractivity contribution < 1.29 is 4.39 Å². The highest BCUT2D eigenvalue weighted by atomic mass is 35.5. The van der Waals surface area contributed by atoms with Crippen molar-refractivity contribution in [2.24, 2.45) is 5.92 Å². The van der Waals surface area contributed by atoms with Gasteiger partial charge in [0, 0.05) is 12.1 Å². The highest BCUT2D eigenvalue weighted by Crippen LogP contribution is 2.26. The molecule has 1 atom stereocenters. The molecule has 1 nitrogen and oxygen atoms in total. The number of benzene rings is 1. The summed E-state index contributed by atoms with van der Waals surface area (Å²) < 4.78 is 13.1. The van der Waals surface area contributed by atoms with Gasteiger partial charge in [0.1, 0.15) is 5.82 Å². The van der Waals surface area contributed by atoms with Gasteiger partial charge in [-0.15, -0.1) is 0 Å². The van der Waals surface area contributed by atoms with Crippen molar-refractivity contribution in [3.8, 4) is 0 Å². The highest BCUT2D eigenvalue weighted by Gasteiger charge is 2.20. The minimum atomic E-state index is -0.348. The molecule has 1 aromatic carbocycles. The number of halogens is 2. The van der Waals surface area contributed by atoms with E-state index in [1.807, 2.05) is 6.07 Å². The quantitative estimate of drug-likeness (QED) is 0.838. The first kappa shape index (κ1) is 13.8. The molecule has 0 saturated heterocycles. The normalized spacial score (nSPS) is 26.0. The molecule has 3 heteroatoms. The van der Waals surface area contributed by atoms with Crippen LogP contribution in [0, 0.1) is 11.7 Å². The third kappa shape index (κ3) is 3.46. The lowest BCUT2D eigenvalue weighted by molar-refractivity contribution is 0.291. The fourth-order valence-electron chi connectivity index (χ4n) is 2.66. The van der Waals surface area contributed by atoms with Crippen LogP contribution in [-0.4, -0.2) is 6.04 Å². The summed E-state index contributed by atoms with van der Waals surface area (Å²) in [4.78, 5) is 0. The Kier molecular flexibility index (Phi) is 4.63. The SMILES string of the molecule is CC1CCC(NC(C)c2ccc(F)c(Cl)c2)CC1. The largest absolute Gasteiger partial charge is 0.307 e. The van der Waals surface area contributed by atoms with Crippen LogP contribution in [0.25, 0.3) is 0 Å². The monoisotopic (exact) mass is 269 g/mol. The zero-order valence-corrected chi connectivity index (χ0v) is 11.8. The third-order valence-corrected chi connectivity index (χ3v) is 4.23. The Morgan fingerprint density at radius 1 is 1.28 bits per heavy atom. The summed E-state index contributed by atoms with van der Waals surface area (Å²) in [6.07, 6.45) is 5.07. The molecule has 1 unspecified atom stereocenters. The van der Waals surface area contributed by atoms with Crippen molar-refractivity contribution in [3.63, 3.8) is 0 Å². The van der Waals surface area contributed by atoms with Crippen LogP contribution in [-0.2, 0) is 0 Å². The van der Waals surface area contributed by atoms with Crippen LogP contribution in [0.3, 0.4) is 0 Å². The summed E-state index contributed by atoms with van der Waals surface area (Å²) in [6, 6.07) is 5.78. The van der Waals surface area contributed by atoms with Gasteiger partial charge in [-0.25, -0.2) is 4.39 Å². The van der Waals surface area contributed by atoms with E-state index in [0.717, 1.165) is 11.5 Å². The average Bonchev–Trinajstić information content (AvgIpc) is 2.35. The Morgan fingerprint density at radius 3 is 2.56 bits per heavy atom. The van der Waals surface area contributed by atoms with Gasteiger partial charge in [0.25, 0.3) is 0 Å². The van der Waals surface area contributed by atoms with E-state index >= 15 is 0 Å². The molecule has 2 rings (SSSR count). The van der Waals surface area contributed by atoms with E-state index in [4.69, 9.17) is 11.6 Å². The molecule has 0 spiro atoms. The number of hydrogen-bond acceptors (Lipinski definition) is 1. The van der Waals surface area contributed by atoms with Gasteiger partial charge in [-0.05, 0) is 56.2 Å². The Morgan fingerprint density at radius 2 is 1.94 bits per heavy atom. The van der Waals surface area contributed by atoms with Gasteiger partial charge < -0.3 is 5.32 Å². The van der Waals surface area contributed by atoms with Gasteiger partial charge in [0.05, 0.1) is 5.02 Å². The maximum absolute atomic E-state index is 13.1. The van der Waals surface area contributed by atoms with Crippen molar-refractivity contribution in [2.75, 3.05) is 0 Å². The summed E-state index contributed by atoms with van der Waals surface area (Å²) in [5.74, 6) is 0.512. The average molecular weight is 270 g/mol. The lowest BCUT2D eigenvalue weighted by Crippen LogP contribution is -2.34. The molecule has 0 radical (unpaired) electrons. The molecule has 1 aromatic rings. The predicted molar refractivity (Wildman–Crippen MR) is 74.4 cm³/mol. The Balaban J connectivity index is 1.94. The molecule has 0 amide bonds. The van der Waals surface area contributed by atoms with E-state index in [-0.39, 0.29) is 16.9 Å². The topological polar surface area (TPSA) is 12.0 Å². The van der Waals surface area contributed by atoms with Crippen molar-refractivity contribution >= 4 is 11.6 Å². The molecule has 100 valence electrons. The number of nitrogens with one attached hydrogen (secondary N) is 1. The van der Waals surface area contributed by atoms with Crippen LogP contribution in [0.15, 0.2) is 18.2 Å².